The first-order chi connectivity index (χ1) is 8.63. The molecular formula is C9H14F4N2O3S. The average molecular weight is 306 g/mol. The molecule has 0 N–H and O–H groups in total. The van der Waals surface area contributed by atoms with Crippen molar-refractivity contribution in [3.8, 4) is 0 Å². The van der Waals surface area contributed by atoms with Crippen LogP contribution < -0.4 is 0 Å². The highest BCUT2D eigenvalue weighted by Crippen LogP contribution is 2.32. The number of hydrogen-bond donors (Lipinski definition) is 0. The fourth-order valence-electron chi connectivity index (χ4n) is 1.42. The van der Waals surface area contributed by atoms with Crippen LogP contribution >= 0.6 is 0 Å². The third kappa shape index (κ3) is 3.11. The summed E-state index contributed by atoms with van der Waals surface area (Å²) >= 11 is 0. The molecule has 0 bridgehead atoms. The first-order valence-corrected chi connectivity index (χ1v) is 6.79. The summed E-state index contributed by atoms with van der Waals surface area (Å²) in [6.07, 6.45) is -2.30. The fraction of sp³-hybridized carbons (Fsp3) is 0.778. The van der Waals surface area contributed by atoms with E-state index in [1.54, 1.807) is 6.92 Å². The molecule has 0 aliphatic carbocycles. The van der Waals surface area contributed by atoms with Crippen LogP contribution in [0.25, 0.3) is 0 Å². The number of nitrogens with zero attached hydrogens (tertiary/aromatic N) is 2. The van der Waals surface area contributed by atoms with E-state index in [0.717, 1.165) is 0 Å². The molecule has 1 rings (SSSR count). The second-order valence-corrected chi connectivity index (χ2v) is 5.59. The van der Waals surface area contributed by atoms with Gasteiger partial charge in [0.15, 0.2) is 0 Å². The lowest BCUT2D eigenvalue weighted by atomic mass is 10.4. The highest BCUT2D eigenvalue weighted by atomic mass is 32.2. The summed E-state index contributed by atoms with van der Waals surface area (Å²) in [6.45, 7) is 2.12. The Labute approximate surface area is 108 Å². The maximum Gasteiger partial charge on any atom is 0.428 e. The van der Waals surface area contributed by atoms with Gasteiger partial charge in [0.05, 0.1) is 0 Å². The van der Waals surface area contributed by atoms with E-state index in [2.05, 4.69) is 4.18 Å². The lowest BCUT2D eigenvalue weighted by Gasteiger charge is -2.30. The van der Waals surface area contributed by atoms with Crippen LogP contribution in [0.3, 0.4) is 0 Å². The standard InChI is InChI=1S/C9H14F4N2O3S/c1-3-4-15-6-5-14(2)8(15)18-19(16,17)9(12,13)7(10)11/h5-8H,3-4H2,1-2H3. The quantitative estimate of drug-likeness (QED) is 0.551. The van der Waals surface area contributed by atoms with E-state index >= 15 is 0 Å². The lowest BCUT2D eigenvalue weighted by molar-refractivity contribution is -0.0851. The van der Waals surface area contributed by atoms with Gasteiger partial charge in [0.1, 0.15) is 0 Å². The zero-order valence-electron chi connectivity index (χ0n) is 10.3. The third-order valence-electron chi connectivity index (χ3n) is 2.41. The lowest BCUT2D eigenvalue weighted by Crippen LogP contribution is -2.46. The Morgan fingerprint density at radius 2 is 1.95 bits per heavy atom. The Morgan fingerprint density at radius 1 is 1.37 bits per heavy atom. The van der Waals surface area contributed by atoms with Gasteiger partial charge in [0.25, 0.3) is 0 Å². The number of alkyl halides is 4. The van der Waals surface area contributed by atoms with Crippen molar-refractivity contribution in [2.75, 3.05) is 13.6 Å². The van der Waals surface area contributed by atoms with Crippen LogP contribution in [0, 0.1) is 0 Å². The highest BCUT2D eigenvalue weighted by Gasteiger charge is 2.57. The molecule has 19 heavy (non-hydrogen) atoms. The van der Waals surface area contributed by atoms with Crippen LogP contribution in [0.1, 0.15) is 13.3 Å². The van der Waals surface area contributed by atoms with Crippen LogP contribution in [-0.2, 0) is 14.3 Å². The summed E-state index contributed by atoms with van der Waals surface area (Å²) < 4.78 is 76.6. The Kier molecular flexibility index (Phi) is 4.67. The molecule has 0 radical (unpaired) electrons. The molecule has 0 saturated heterocycles. The summed E-state index contributed by atoms with van der Waals surface area (Å²) in [5, 5.41) is -5.24. The minimum absolute atomic E-state index is 0.335. The smallest absolute Gasteiger partial charge is 0.336 e. The minimum Gasteiger partial charge on any atom is -0.336 e. The van der Waals surface area contributed by atoms with Gasteiger partial charge < -0.3 is 9.80 Å². The predicted octanol–water partition coefficient (Wildman–Crippen LogP) is 1.60. The van der Waals surface area contributed by atoms with Gasteiger partial charge in [-0.05, 0) is 6.42 Å². The molecule has 0 aromatic rings. The molecule has 1 aliphatic rings. The van der Waals surface area contributed by atoms with Crippen molar-refractivity contribution < 1.29 is 30.2 Å². The Bertz CT molecular complexity index is 441. The van der Waals surface area contributed by atoms with Crippen molar-refractivity contribution in [1.82, 2.24) is 9.80 Å². The van der Waals surface area contributed by atoms with Gasteiger partial charge in [-0.25, -0.2) is 13.0 Å². The second kappa shape index (κ2) is 5.53. The topological polar surface area (TPSA) is 49.9 Å². The van der Waals surface area contributed by atoms with Crippen LogP contribution in [0.2, 0.25) is 0 Å². The summed E-state index contributed by atoms with van der Waals surface area (Å²) in [4.78, 5) is 2.51. The molecule has 0 aromatic carbocycles. The van der Waals surface area contributed by atoms with Crippen LogP contribution in [0.4, 0.5) is 17.6 Å². The molecule has 0 spiro atoms. The van der Waals surface area contributed by atoms with Gasteiger partial charge >= 0.3 is 21.8 Å². The predicted molar refractivity (Wildman–Crippen MR) is 58.6 cm³/mol. The van der Waals surface area contributed by atoms with Gasteiger partial charge in [0.2, 0.25) is 6.35 Å². The van der Waals surface area contributed by atoms with Crippen LogP contribution in [-0.4, -0.2) is 49.8 Å². The van der Waals surface area contributed by atoms with Crippen LogP contribution in [0.5, 0.6) is 0 Å². The zero-order valence-corrected chi connectivity index (χ0v) is 11.1. The van der Waals surface area contributed by atoms with E-state index in [0.29, 0.717) is 13.0 Å². The second-order valence-electron chi connectivity index (χ2n) is 3.94. The normalized spacial score (nSPS) is 20.7. The zero-order chi connectivity index (χ0) is 14.8. The van der Waals surface area contributed by atoms with Gasteiger partial charge in [0, 0.05) is 26.0 Å². The first-order valence-electron chi connectivity index (χ1n) is 5.38. The molecule has 1 unspecified atom stereocenters. The average Bonchev–Trinajstić information content (AvgIpc) is 2.61. The monoisotopic (exact) mass is 306 g/mol. The van der Waals surface area contributed by atoms with Gasteiger partial charge in [-0.1, -0.05) is 6.92 Å². The molecule has 0 fully saturated rings. The van der Waals surface area contributed by atoms with E-state index in [1.807, 2.05) is 0 Å². The maximum atomic E-state index is 12.9. The first kappa shape index (κ1) is 16.0. The van der Waals surface area contributed by atoms with Gasteiger partial charge in [-0.15, -0.1) is 0 Å². The number of halogens is 4. The SMILES string of the molecule is CCCN1C=CN(C)C1OS(=O)(=O)C(F)(F)C(F)F. The number of hydrogen-bond acceptors (Lipinski definition) is 5. The molecule has 0 aromatic heterocycles. The molecule has 5 nitrogen and oxygen atoms in total. The van der Waals surface area contributed by atoms with Gasteiger partial charge in [-0.3, -0.25) is 0 Å². The third-order valence-corrected chi connectivity index (χ3v) is 3.68. The van der Waals surface area contributed by atoms with Crippen molar-refractivity contribution >= 4 is 10.1 Å². The van der Waals surface area contributed by atoms with Crippen LogP contribution in [0.15, 0.2) is 12.4 Å². The maximum absolute atomic E-state index is 12.9. The Morgan fingerprint density at radius 3 is 2.42 bits per heavy atom. The van der Waals surface area contributed by atoms with E-state index in [4.69, 9.17) is 0 Å². The summed E-state index contributed by atoms with van der Waals surface area (Å²) in [6, 6.07) is 0. The molecule has 10 heteroatoms. The minimum atomic E-state index is -5.73. The Balaban J connectivity index is 2.89. The van der Waals surface area contributed by atoms with Crippen molar-refractivity contribution in [2.45, 2.75) is 31.4 Å². The molecule has 0 saturated carbocycles. The molecule has 1 aliphatic heterocycles. The Hall–Kier alpha value is -1.03. The van der Waals surface area contributed by atoms with Crippen molar-refractivity contribution in [2.24, 2.45) is 0 Å². The summed E-state index contributed by atoms with van der Waals surface area (Å²) in [5.41, 5.74) is 0. The summed E-state index contributed by atoms with van der Waals surface area (Å²) in [7, 11) is -4.35. The number of rotatable bonds is 6. The van der Waals surface area contributed by atoms with E-state index < -0.39 is 28.1 Å². The van der Waals surface area contributed by atoms with Gasteiger partial charge in [-0.2, -0.15) is 17.2 Å². The van der Waals surface area contributed by atoms with Crippen molar-refractivity contribution in [3.63, 3.8) is 0 Å². The molecule has 0 amide bonds. The molecular weight excluding hydrogens is 292 g/mol. The van der Waals surface area contributed by atoms with Crippen molar-refractivity contribution in [3.05, 3.63) is 12.4 Å². The van der Waals surface area contributed by atoms with E-state index in [1.165, 1.54) is 29.2 Å². The summed E-state index contributed by atoms with van der Waals surface area (Å²) in [5.74, 6) is 0. The molecule has 1 heterocycles. The fourth-order valence-corrected chi connectivity index (χ4v) is 2.24. The van der Waals surface area contributed by atoms with Crippen molar-refractivity contribution in [1.29, 1.82) is 0 Å². The molecule has 112 valence electrons. The highest BCUT2D eigenvalue weighted by molar-refractivity contribution is 7.87. The van der Waals surface area contributed by atoms with E-state index in [-0.39, 0.29) is 0 Å². The molecule has 1 atom stereocenters. The largest absolute Gasteiger partial charge is 0.428 e. The van der Waals surface area contributed by atoms with E-state index in [9.17, 15) is 26.0 Å².